The Balaban J connectivity index is 0.00000760. The van der Waals surface area contributed by atoms with Gasteiger partial charge in [-0.05, 0) is 26.2 Å². The fourth-order valence-electron chi connectivity index (χ4n) is 8.27. The Hall–Kier alpha value is -1.32. The molecular weight excluding hydrogens is 1100 g/mol. The third-order valence-electron chi connectivity index (χ3n) is 11.9. The smallest absolute Gasteiger partial charge is 0.726 e. The fraction of sp³-hybridized carbons (Fsp3) is 0.846. The van der Waals surface area contributed by atoms with Crippen LogP contribution in [0.2, 0.25) is 0 Å². The molecule has 0 aromatic heterocycles. The van der Waals surface area contributed by atoms with Gasteiger partial charge in [0.2, 0.25) is 32.6 Å². The van der Waals surface area contributed by atoms with Gasteiger partial charge < -0.3 is 114 Å². The number of aliphatic hydroxyl groups is 9. The van der Waals surface area contributed by atoms with Crippen molar-refractivity contribution in [3.63, 3.8) is 0 Å². The quantitative estimate of drug-likeness (QED) is 0.0135. The normalized spacial score (nSPS) is 36.1. The van der Waals surface area contributed by atoms with Crippen molar-refractivity contribution in [2.75, 3.05) is 51.5 Å². The van der Waals surface area contributed by atoms with Gasteiger partial charge in [0.1, 0.15) is 103 Å². The van der Waals surface area contributed by atoms with Crippen LogP contribution in [0.5, 0.6) is 5.75 Å². The molecule has 12 N–H and O–H groups in total. The van der Waals surface area contributed by atoms with E-state index in [1.807, 2.05) is 0 Å². The topological polar surface area (TPSA) is 502 Å². The average Bonchev–Trinajstić information content (AvgIpc) is 3.32. The van der Waals surface area contributed by atoms with E-state index in [1.165, 1.54) is 0 Å². The van der Waals surface area contributed by atoms with Gasteiger partial charge in [-0.25, -0.2) is 16.8 Å². The summed E-state index contributed by atoms with van der Waals surface area (Å²) < 4.78 is 127. The first kappa shape index (κ1) is 69.0. The molecule has 1 aromatic rings. The van der Waals surface area contributed by atoms with Crippen LogP contribution in [0.25, 0.3) is 0 Å². The molecule has 4 aliphatic heterocycles. The second-order valence-electron chi connectivity index (χ2n) is 17.3. The van der Waals surface area contributed by atoms with Gasteiger partial charge in [0, 0.05) is 27.0 Å². The molecule has 426 valence electrons. The largest absolute Gasteiger partial charge is 1.00 e. The van der Waals surface area contributed by atoms with Crippen LogP contribution in [0.4, 0.5) is 5.69 Å². The minimum atomic E-state index is -5.39. The Morgan fingerprint density at radius 2 is 1.01 bits per heavy atom. The predicted molar refractivity (Wildman–Crippen MR) is 233 cm³/mol. The minimum Gasteiger partial charge on any atom is -0.726 e. The van der Waals surface area contributed by atoms with Crippen LogP contribution in [-0.4, -0.2) is 253 Å². The first-order valence-electron chi connectivity index (χ1n) is 22.8. The van der Waals surface area contributed by atoms with E-state index in [2.05, 4.69) is 24.3 Å². The van der Waals surface area contributed by atoms with E-state index in [0.717, 1.165) is 13.8 Å². The number of rotatable bonds is 26. The molecular formula is C39H61N3Na2O30S2. The third-order valence-corrected chi connectivity index (χ3v) is 12.8. The SMILES string of the molecule is CCOc1c(NCCCCCO[C@@H]2O[C@H](CO[C@@H]3O[C@H](CO)[C@H](O)[C@H](O[C@@H]4O[C@H](COS(=O)(=O)[O-])[C@@H](O)[C@H](O)[C@H]4O)[C@H]3NC(C)=O)[C@H](O)[C@H](O[C@@H]3O[C@H](COS(=O)(=O)[O-])[C@@H](O)[C@H](O)[C@H]3O)[C@H]2NC(C)=O)c(=O)c1=O.[Na+].[Na+]. The zero-order chi connectivity index (χ0) is 55.0. The maximum Gasteiger partial charge on any atom is 1.00 e. The monoisotopic (exact) mass is 1160 g/mol. The van der Waals surface area contributed by atoms with Crippen molar-refractivity contribution in [1.82, 2.24) is 10.6 Å². The van der Waals surface area contributed by atoms with Gasteiger partial charge in [-0.15, -0.1) is 0 Å². The molecule has 1 aromatic carbocycles. The van der Waals surface area contributed by atoms with E-state index in [-0.39, 0.29) is 96.7 Å². The number of hydrogen-bond acceptors (Lipinski definition) is 31. The molecule has 4 heterocycles. The number of carbonyl (C=O) groups is 2. The molecule has 76 heavy (non-hydrogen) atoms. The summed E-state index contributed by atoms with van der Waals surface area (Å²) >= 11 is 0. The molecule has 20 atom stereocenters. The number of carbonyl (C=O) groups excluding carboxylic acids is 2. The number of ether oxygens (including phenoxy) is 9. The Kier molecular flexibility index (Phi) is 27.8. The summed E-state index contributed by atoms with van der Waals surface area (Å²) in [7, 11) is -10.8. The molecule has 4 saturated heterocycles. The van der Waals surface area contributed by atoms with Crippen LogP contribution in [-0.2, 0) is 76.6 Å². The number of anilines is 1. The van der Waals surface area contributed by atoms with Crippen LogP contribution < -0.4 is 90.7 Å². The van der Waals surface area contributed by atoms with Crippen LogP contribution >= 0.6 is 0 Å². The Morgan fingerprint density at radius 3 is 1.46 bits per heavy atom. The molecule has 0 spiro atoms. The van der Waals surface area contributed by atoms with Crippen molar-refractivity contribution < 1.29 is 192 Å². The third kappa shape index (κ3) is 18.3. The molecule has 0 unspecified atom stereocenters. The summed E-state index contributed by atoms with van der Waals surface area (Å²) in [6, 6.07) is -3.27. The molecule has 2 amide bonds. The van der Waals surface area contributed by atoms with Gasteiger partial charge in [-0.3, -0.25) is 27.5 Å². The van der Waals surface area contributed by atoms with Gasteiger partial charge in [-0.1, -0.05) is 0 Å². The van der Waals surface area contributed by atoms with E-state index < -0.39 is 193 Å². The molecule has 0 bridgehead atoms. The first-order chi connectivity index (χ1) is 34.7. The second kappa shape index (κ2) is 30.7. The van der Waals surface area contributed by atoms with Crippen LogP contribution in [0.15, 0.2) is 9.59 Å². The van der Waals surface area contributed by atoms with E-state index >= 15 is 0 Å². The number of hydrogen-bond donors (Lipinski definition) is 12. The summed E-state index contributed by atoms with van der Waals surface area (Å²) in [5.41, 5.74) is -1.46. The van der Waals surface area contributed by atoms with Gasteiger partial charge >= 0.3 is 59.1 Å². The molecule has 37 heteroatoms. The van der Waals surface area contributed by atoms with Crippen LogP contribution in [0.1, 0.15) is 40.0 Å². The molecule has 0 radical (unpaired) electrons. The summed E-state index contributed by atoms with van der Waals surface area (Å²) in [5, 5.41) is 105. The van der Waals surface area contributed by atoms with Crippen LogP contribution in [0.3, 0.4) is 0 Å². The van der Waals surface area contributed by atoms with E-state index in [0.29, 0.717) is 12.8 Å². The maximum absolute atomic E-state index is 12.7. The van der Waals surface area contributed by atoms with E-state index in [9.17, 15) is 91.1 Å². The second-order valence-corrected chi connectivity index (χ2v) is 19.4. The summed E-state index contributed by atoms with van der Waals surface area (Å²) in [6.45, 7) is -0.332. The first-order valence-corrected chi connectivity index (χ1v) is 25.5. The molecule has 0 aliphatic carbocycles. The molecule has 5 rings (SSSR count). The number of aliphatic hydroxyl groups excluding tert-OH is 9. The summed E-state index contributed by atoms with van der Waals surface area (Å²) in [4.78, 5) is 49.1. The van der Waals surface area contributed by atoms with Crippen LogP contribution in [0, 0.1) is 0 Å². The fourth-order valence-corrected chi connectivity index (χ4v) is 8.87. The number of unbranched alkanes of at least 4 members (excludes halogenated alkanes) is 2. The predicted octanol–water partition coefficient (Wildman–Crippen LogP) is -15.2. The van der Waals surface area contributed by atoms with Crippen molar-refractivity contribution in [2.45, 2.75) is 163 Å². The summed E-state index contributed by atoms with van der Waals surface area (Å²) in [5.74, 6) is -1.70. The molecule has 33 nitrogen and oxygen atoms in total. The Bertz CT molecular complexity index is 2300. The zero-order valence-corrected chi connectivity index (χ0v) is 47.2. The number of amides is 2. The van der Waals surface area contributed by atoms with Crippen molar-refractivity contribution in [2.24, 2.45) is 0 Å². The van der Waals surface area contributed by atoms with Crippen molar-refractivity contribution in [3.05, 3.63) is 20.4 Å². The average molecular weight is 1160 g/mol. The van der Waals surface area contributed by atoms with Crippen molar-refractivity contribution in [1.29, 1.82) is 0 Å². The van der Waals surface area contributed by atoms with Crippen molar-refractivity contribution in [3.8, 4) is 5.75 Å². The van der Waals surface area contributed by atoms with Gasteiger partial charge in [-0.2, -0.15) is 0 Å². The number of nitrogens with one attached hydrogen (secondary N) is 3. The van der Waals surface area contributed by atoms with Gasteiger partial charge in [0.05, 0.1) is 33.0 Å². The molecule has 4 fully saturated rings. The molecule has 0 saturated carbocycles. The van der Waals surface area contributed by atoms with Crippen molar-refractivity contribution >= 4 is 38.3 Å². The molecule has 4 aliphatic rings. The minimum absolute atomic E-state index is 0. The Labute approximate surface area is 477 Å². The van der Waals surface area contributed by atoms with Gasteiger partial charge in [0.25, 0.3) is 10.9 Å². The Morgan fingerprint density at radius 1 is 0.579 bits per heavy atom. The summed E-state index contributed by atoms with van der Waals surface area (Å²) in [6.07, 6.45) is -34.3. The van der Waals surface area contributed by atoms with E-state index in [1.54, 1.807) is 6.92 Å². The van der Waals surface area contributed by atoms with E-state index in [4.69, 9.17) is 42.6 Å². The van der Waals surface area contributed by atoms with Gasteiger partial charge in [0.15, 0.2) is 30.9 Å². The maximum atomic E-state index is 12.7. The zero-order valence-electron chi connectivity index (χ0n) is 41.5. The standard InChI is InChI=1S/C39H63N3O30S2.2Na/c1-4-62-33-20(27(50)30(33)53)40-8-6-5-7-9-63-36-21(41-14(2)44)35(72-39-32(55)29(52)24(47)19(70-39)13-66-74(59,60)61)26(49)17(68-36)11-64-37-22(42-15(3)45)34(25(48)16(10-43)67-37)71-38-31(54)28(51)23(46)18(69-38)12-65-73(56,57)58;;/h16-19,21-26,28-29,31-32,34-40,43,46-49,51-52,54-55H,4-13H2,1-3H3,(H,41,44)(H,42,45)(H,56,57,58)(H,59,60,61);;/q;2*+1/p-2/t16-,17-,18-,19-,21-,22-,23-,24-,25+,26+,28+,29+,31-,32-,34-,35-,36-,37-,38+,39+;;/m1../s1.